The minimum atomic E-state index is -0.161. The Bertz CT molecular complexity index is 1420. The van der Waals surface area contributed by atoms with Crippen molar-refractivity contribution in [3.63, 3.8) is 0 Å². The van der Waals surface area contributed by atoms with Crippen LogP contribution < -0.4 is 10.9 Å². The second-order valence-corrected chi connectivity index (χ2v) is 10.3. The summed E-state index contributed by atoms with van der Waals surface area (Å²) in [5.74, 6) is 0.0386. The number of aromatic nitrogens is 2. The number of nitrogens with zero attached hydrogens (tertiary/aromatic N) is 1. The summed E-state index contributed by atoms with van der Waals surface area (Å²) in [4.78, 5) is 33.5. The Kier molecular flexibility index (Phi) is 6.08. The Morgan fingerprint density at radius 1 is 1.09 bits per heavy atom. The SMILES string of the molecule is Cc1ccc(NC(=O)CSc2nc3scc(-c4ccc5c(c4)CCCC5)c3c(=O)[nH]2)cc1C. The van der Waals surface area contributed by atoms with Gasteiger partial charge in [0, 0.05) is 16.6 Å². The van der Waals surface area contributed by atoms with E-state index in [9.17, 15) is 9.59 Å². The van der Waals surface area contributed by atoms with Crippen LogP contribution in [0.1, 0.15) is 35.1 Å². The number of thioether (sulfide) groups is 1. The molecule has 0 unspecified atom stereocenters. The van der Waals surface area contributed by atoms with Gasteiger partial charge < -0.3 is 10.3 Å². The molecule has 2 aromatic heterocycles. The number of aryl methyl sites for hydroxylation is 4. The van der Waals surface area contributed by atoms with Gasteiger partial charge in [-0.15, -0.1) is 11.3 Å². The molecule has 1 aliphatic rings. The highest BCUT2D eigenvalue weighted by molar-refractivity contribution is 7.99. The zero-order valence-electron chi connectivity index (χ0n) is 18.7. The number of aromatic amines is 1. The number of benzene rings is 2. The maximum absolute atomic E-state index is 12.9. The van der Waals surface area contributed by atoms with Crippen LogP contribution in [0.15, 0.2) is 51.7 Å². The van der Waals surface area contributed by atoms with Crippen molar-refractivity contribution >= 4 is 44.9 Å². The van der Waals surface area contributed by atoms with Crippen molar-refractivity contribution in [1.29, 1.82) is 0 Å². The number of rotatable bonds is 5. The fraction of sp³-hybridized carbons (Fsp3) is 0.269. The Labute approximate surface area is 200 Å². The first kappa shape index (κ1) is 21.9. The fourth-order valence-electron chi connectivity index (χ4n) is 4.26. The number of anilines is 1. The maximum Gasteiger partial charge on any atom is 0.260 e. The molecule has 0 bridgehead atoms. The van der Waals surface area contributed by atoms with Crippen LogP contribution in [0, 0.1) is 13.8 Å². The average molecular weight is 476 g/mol. The van der Waals surface area contributed by atoms with Crippen LogP contribution in [0.5, 0.6) is 0 Å². The lowest BCUT2D eigenvalue weighted by molar-refractivity contribution is -0.113. The van der Waals surface area contributed by atoms with E-state index in [1.165, 1.54) is 52.6 Å². The third-order valence-electron chi connectivity index (χ3n) is 6.21. The summed E-state index contributed by atoms with van der Waals surface area (Å²) in [6.07, 6.45) is 4.71. The zero-order chi connectivity index (χ0) is 22.9. The molecule has 2 N–H and O–H groups in total. The number of H-pyrrole nitrogens is 1. The summed E-state index contributed by atoms with van der Waals surface area (Å²) in [7, 11) is 0. The van der Waals surface area contributed by atoms with Crippen molar-refractivity contribution in [3.05, 3.63) is 74.4 Å². The molecule has 0 saturated carbocycles. The van der Waals surface area contributed by atoms with E-state index >= 15 is 0 Å². The molecule has 0 aliphatic heterocycles. The lowest BCUT2D eigenvalue weighted by Gasteiger charge is -2.16. The second-order valence-electron chi connectivity index (χ2n) is 8.53. The van der Waals surface area contributed by atoms with E-state index in [1.54, 1.807) is 0 Å². The molecule has 7 heteroatoms. The van der Waals surface area contributed by atoms with Crippen molar-refractivity contribution in [1.82, 2.24) is 9.97 Å². The molecule has 0 fully saturated rings. The number of nitrogens with one attached hydrogen (secondary N) is 2. The minimum Gasteiger partial charge on any atom is -0.325 e. The Balaban J connectivity index is 1.33. The number of thiophene rings is 1. The highest BCUT2D eigenvalue weighted by atomic mass is 32.2. The van der Waals surface area contributed by atoms with Crippen molar-refractivity contribution in [2.45, 2.75) is 44.7 Å². The molecule has 5 nitrogen and oxygen atoms in total. The number of carbonyl (C=O) groups excluding carboxylic acids is 1. The van der Waals surface area contributed by atoms with Crippen molar-refractivity contribution in [3.8, 4) is 11.1 Å². The third kappa shape index (κ3) is 4.61. The van der Waals surface area contributed by atoms with Gasteiger partial charge in [-0.2, -0.15) is 0 Å². The molecule has 2 aromatic carbocycles. The van der Waals surface area contributed by atoms with E-state index in [4.69, 9.17) is 0 Å². The van der Waals surface area contributed by atoms with E-state index in [0.717, 1.165) is 35.2 Å². The van der Waals surface area contributed by atoms with Gasteiger partial charge >= 0.3 is 0 Å². The molecular formula is C26H25N3O2S2. The van der Waals surface area contributed by atoms with E-state index in [0.29, 0.717) is 15.4 Å². The standard InChI is InChI=1S/C26H25N3O2S2/c1-15-7-10-20(11-16(15)2)27-22(30)14-33-26-28-24(31)23-21(13-32-25(23)29-26)19-9-8-17-5-3-4-6-18(17)12-19/h7-13H,3-6,14H2,1-2H3,(H,27,30)(H,28,29,31). The highest BCUT2D eigenvalue weighted by Gasteiger charge is 2.16. The van der Waals surface area contributed by atoms with Gasteiger partial charge in [-0.05, 0) is 79.5 Å². The van der Waals surface area contributed by atoms with Crippen molar-refractivity contribution in [2.75, 3.05) is 11.1 Å². The van der Waals surface area contributed by atoms with Gasteiger partial charge in [-0.3, -0.25) is 9.59 Å². The molecule has 33 heavy (non-hydrogen) atoms. The monoisotopic (exact) mass is 475 g/mol. The normalized spacial score (nSPS) is 13.2. The number of fused-ring (bicyclic) bond motifs is 2. The third-order valence-corrected chi connectivity index (χ3v) is 7.96. The smallest absolute Gasteiger partial charge is 0.260 e. The first-order chi connectivity index (χ1) is 16.0. The summed E-state index contributed by atoms with van der Waals surface area (Å²) in [6.45, 7) is 4.06. The summed E-state index contributed by atoms with van der Waals surface area (Å²) in [5.41, 5.74) is 7.74. The lowest BCUT2D eigenvalue weighted by atomic mass is 9.89. The van der Waals surface area contributed by atoms with Gasteiger partial charge in [-0.1, -0.05) is 36.0 Å². The van der Waals surface area contributed by atoms with Crippen LogP contribution >= 0.6 is 23.1 Å². The summed E-state index contributed by atoms with van der Waals surface area (Å²) in [6, 6.07) is 12.4. The van der Waals surface area contributed by atoms with Gasteiger partial charge in [0.15, 0.2) is 5.16 Å². The maximum atomic E-state index is 12.9. The molecule has 0 atom stereocenters. The van der Waals surface area contributed by atoms with Gasteiger partial charge in [0.25, 0.3) is 5.56 Å². The summed E-state index contributed by atoms with van der Waals surface area (Å²) >= 11 is 2.71. The molecule has 4 aromatic rings. The van der Waals surface area contributed by atoms with Crippen molar-refractivity contribution in [2.24, 2.45) is 0 Å². The molecule has 1 aliphatic carbocycles. The van der Waals surface area contributed by atoms with Crippen LogP contribution in [0.2, 0.25) is 0 Å². The van der Waals surface area contributed by atoms with Gasteiger partial charge in [0.1, 0.15) is 4.83 Å². The van der Waals surface area contributed by atoms with E-state index < -0.39 is 0 Å². The molecule has 168 valence electrons. The van der Waals surface area contributed by atoms with Gasteiger partial charge in [-0.25, -0.2) is 4.98 Å². The topological polar surface area (TPSA) is 74.8 Å². The molecule has 5 rings (SSSR count). The first-order valence-corrected chi connectivity index (χ1v) is 13.0. The molecule has 0 spiro atoms. The minimum absolute atomic E-state index is 0.132. The average Bonchev–Trinajstić information content (AvgIpc) is 3.24. The van der Waals surface area contributed by atoms with E-state index in [1.807, 2.05) is 37.4 Å². The second kappa shape index (κ2) is 9.15. The van der Waals surface area contributed by atoms with Crippen molar-refractivity contribution < 1.29 is 4.79 Å². The number of hydrogen-bond acceptors (Lipinski definition) is 5. The lowest BCUT2D eigenvalue weighted by Crippen LogP contribution is -2.15. The van der Waals surface area contributed by atoms with Gasteiger partial charge in [0.05, 0.1) is 11.1 Å². The summed E-state index contributed by atoms with van der Waals surface area (Å²) < 4.78 is 0. The van der Waals surface area contributed by atoms with Crippen LogP contribution in [0.4, 0.5) is 5.69 Å². The van der Waals surface area contributed by atoms with Crippen LogP contribution in [0.3, 0.4) is 0 Å². The van der Waals surface area contributed by atoms with E-state index in [-0.39, 0.29) is 17.2 Å². The first-order valence-electron chi connectivity index (χ1n) is 11.1. The summed E-state index contributed by atoms with van der Waals surface area (Å²) in [5, 5.41) is 6.00. The fourth-order valence-corrected chi connectivity index (χ4v) is 5.93. The largest absolute Gasteiger partial charge is 0.325 e. The Morgan fingerprint density at radius 2 is 1.91 bits per heavy atom. The van der Waals surface area contributed by atoms with Gasteiger partial charge in [0.2, 0.25) is 5.91 Å². The highest BCUT2D eigenvalue weighted by Crippen LogP contribution is 2.34. The van der Waals surface area contributed by atoms with Crippen LogP contribution in [-0.2, 0) is 17.6 Å². The molecular weight excluding hydrogens is 450 g/mol. The van der Waals surface area contributed by atoms with Crippen LogP contribution in [-0.4, -0.2) is 21.6 Å². The Morgan fingerprint density at radius 3 is 2.73 bits per heavy atom. The number of amides is 1. The molecule has 2 heterocycles. The van der Waals surface area contributed by atoms with Crippen LogP contribution in [0.25, 0.3) is 21.3 Å². The number of carbonyl (C=O) groups is 1. The Hall–Kier alpha value is -2.90. The molecule has 0 radical (unpaired) electrons. The molecule has 0 saturated heterocycles. The number of hydrogen-bond donors (Lipinski definition) is 2. The quantitative estimate of drug-likeness (QED) is 0.279. The van der Waals surface area contributed by atoms with E-state index in [2.05, 4.69) is 33.5 Å². The zero-order valence-corrected chi connectivity index (χ0v) is 20.3. The predicted molar refractivity (Wildman–Crippen MR) is 138 cm³/mol. The predicted octanol–water partition coefficient (Wildman–Crippen LogP) is 5.88. The molecule has 1 amide bonds.